The monoisotopic (exact) mass is 268 g/mol. The number of hydrogen-bond acceptors (Lipinski definition) is 4. The topological polar surface area (TPSA) is 67.4 Å². The van der Waals surface area contributed by atoms with Gasteiger partial charge in [-0.2, -0.15) is 0 Å². The fourth-order valence-electron chi connectivity index (χ4n) is 2.04. The fraction of sp³-hybridized carbons (Fsp3) is 0.500. The van der Waals surface area contributed by atoms with Gasteiger partial charge >= 0.3 is 0 Å². The first-order valence-electron chi connectivity index (χ1n) is 6.11. The Labute approximate surface area is 107 Å². The number of sulfonamides is 1. The van der Waals surface area contributed by atoms with Crippen molar-refractivity contribution in [2.24, 2.45) is 0 Å². The van der Waals surface area contributed by atoms with E-state index in [2.05, 4.69) is 10.0 Å². The molecule has 1 aromatic carbocycles. The van der Waals surface area contributed by atoms with Crippen molar-refractivity contribution in [1.82, 2.24) is 4.72 Å². The lowest BCUT2D eigenvalue weighted by atomic mass is 10.3. The van der Waals surface area contributed by atoms with Crippen molar-refractivity contribution in [3.63, 3.8) is 0 Å². The SMILES string of the molecule is C[C@@H]1COc2cccc(NC3CC3)c2S(=O)(=O)N1. The number of hydrogen-bond donors (Lipinski definition) is 2. The van der Waals surface area contributed by atoms with Crippen LogP contribution in [-0.2, 0) is 10.0 Å². The number of nitrogens with one attached hydrogen (secondary N) is 2. The van der Waals surface area contributed by atoms with Crippen LogP contribution in [0, 0.1) is 0 Å². The van der Waals surface area contributed by atoms with Gasteiger partial charge in [0, 0.05) is 6.04 Å². The lowest BCUT2D eigenvalue weighted by Crippen LogP contribution is -2.34. The van der Waals surface area contributed by atoms with Crippen LogP contribution in [0.3, 0.4) is 0 Å². The molecule has 5 nitrogen and oxygen atoms in total. The lowest BCUT2D eigenvalue weighted by molar-refractivity contribution is 0.288. The van der Waals surface area contributed by atoms with Gasteiger partial charge in [-0.3, -0.25) is 0 Å². The van der Waals surface area contributed by atoms with Crippen molar-refractivity contribution >= 4 is 15.7 Å². The zero-order chi connectivity index (χ0) is 12.8. The molecule has 1 aliphatic carbocycles. The largest absolute Gasteiger partial charge is 0.490 e. The molecule has 0 amide bonds. The maximum Gasteiger partial charge on any atom is 0.246 e. The minimum atomic E-state index is -3.51. The second kappa shape index (κ2) is 4.13. The fourth-order valence-corrected chi connectivity index (χ4v) is 3.56. The summed E-state index contributed by atoms with van der Waals surface area (Å²) in [7, 11) is -3.51. The van der Waals surface area contributed by atoms with Gasteiger partial charge in [-0.05, 0) is 31.9 Å². The first-order valence-corrected chi connectivity index (χ1v) is 7.59. The van der Waals surface area contributed by atoms with E-state index in [0.29, 0.717) is 24.1 Å². The maximum atomic E-state index is 12.3. The van der Waals surface area contributed by atoms with Crippen LogP contribution in [0.4, 0.5) is 5.69 Å². The molecule has 2 N–H and O–H groups in total. The van der Waals surface area contributed by atoms with Gasteiger partial charge in [0.15, 0.2) is 0 Å². The Kier molecular flexibility index (Phi) is 2.71. The van der Waals surface area contributed by atoms with Crippen LogP contribution in [0.25, 0.3) is 0 Å². The van der Waals surface area contributed by atoms with Gasteiger partial charge in [-0.25, -0.2) is 13.1 Å². The molecule has 1 aliphatic heterocycles. The van der Waals surface area contributed by atoms with E-state index >= 15 is 0 Å². The standard InChI is InChI=1S/C12H16N2O3S/c1-8-7-17-11-4-2-3-10(13-9-5-6-9)12(11)18(15,16)14-8/h2-4,8-9,13-14H,5-7H2,1H3/t8-/m1/s1. The Morgan fingerprint density at radius 1 is 1.39 bits per heavy atom. The molecule has 1 heterocycles. The minimum absolute atomic E-state index is 0.226. The van der Waals surface area contributed by atoms with Crippen LogP contribution in [-0.4, -0.2) is 27.1 Å². The Hall–Kier alpha value is -1.27. The quantitative estimate of drug-likeness (QED) is 0.849. The molecule has 18 heavy (non-hydrogen) atoms. The van der Waals surface area contributed by atoms with Crippen LogP contribution in [0.5, 0.6) is 5.75 Å². The molecule has 98 valence electrons. The molecule has 0 aromatic heterocycles. The van der Waals surface area contributed by atoms with E-state index in [1.807, 2.05) is 6.07 Å². The second-order valence-electron chi connectivity index (χ2n) is 4.88. The second-order valence-corrected chi connectivity index (χ2v) is 6.54. The molecular formula is C12H16N2O3S. The summed E-state index contributed by atoms with van der Waals surface area (Å²) in [6.45, 7) is 2.14. The molecule has 1 fully saturated rings. The molecule has 0 saturated heterocycles. The van der Waals surface area contributed by atoms with E-state index in [1.165, 1.54) is 0 Å². The minimum Gasteiger partial charge on any atom is -0.490 e. The Bertz CT molecular complexity index is 567. The highest BCUT2D eigenvalue weighted by Gasteiger charge is 2.31. The van der Waals surface area contributed by atoms with Crippen LogP contribution in [0.2, 0.25) is 0 Å². The van der Waals surface area contributed by atoms with Gasteiger partial charge in [0.25, 0.3) is 0 Å². The summed E-state index contributed by atoms with van der Waals surface area (Å²) in [5, 5.41) is 3.24. The molecule has 0 unspecified atom stereocenters. The summed E-state index contributed by atoms with van der Waals surface area (Å²) in [4.78, 5) is 0.237. The van der Waals surface area contributed by atoms with Crippen LogP contribution < -0.4 is 14.8 Å². The van der Waals surface area contributed by atoms with Crippen LogP contribution >= 0.6 is 0 Å². The van der Waals surface area contributed by atoms with Crippen LogP contribution in [0.15, 0.2) is 23.1 Å². The number of benzene rings is 1. The van der Waals surface area contributed by atoms with Crippen molar-refractivity contribution in [3.8, 4) is 5.75 Å². The predicted molar refractivity (Wildman–Crippen MR) is 68.4 cm³/mol. The lowest BCUT2D eigenvalue weighted by Gasteiger charge is -2.13. The van der Waals surface area contributed by atoms with Crippen molar-refractivity contribution < 1.29 is 13.2 Å². The summed E-state index contributed by atoms with van der Waals surface area (Å²) in [6, 6.07) is 5.47. The molecule has 6 heteroatoms. The summed E-state index contributed by atoms with van der Waals surface area (Å²) >= 11 is 0. The zero-order valence-corrected chi connectivity index (χ0v) is 11.0. The van der Waals surface area contributed by atoms with E-state index in [0.717, 1.165) is 12.8 Å². The predicted octanol–water partition coefficient (Wildman–Crippen LogP) is 1.32. The van der Waals surface area contributed by atoms with Crippen molar-refractivity contribution in [2.45, 2.75) is 36.7 Å². The number of ether oxygens (including phenoxy) is 1. The molecule has 3 rings (SSSR count). The molecule has 1 atom stereocenters. The Morgan fingerprint density at radius 3 is 2.89 bits per heavy atom. The zero-order valence-electron chi connectivity index (χ0n) is 10.1. The summed E-state index contributed by atoms with van der Waals surface area (Å²) in [5.41, 5.74) is 0.636. The number of anilines is 1. The highest BCUT2D eigenvalue weighted by atomic mass is 32.2. The van der Waals surface area contributed by atoms with E-state index in [1.54, 1.807) is 19.1 Å². The Balaban J connectivity index is 2.09. The molecule has 0 radical (unpaired) electrons. The molecule has 1 saturated carbocycles. The number of fused-ring (bicyclic) bond motifs is 1. The number of rotatable bonds is 2. The summed E-state index contributed by atoms with van der Waals surface area (Å²) in [5.74, 6) is 0.428. The molecule has 2 aliphatic rings. The highest BCUT2D eigenvalue weighted by molar-refractivity contribution is 7.89. The first-order chi connectivity index (χ1) is 8.56. The van der Waals surface area contributed by atoms with Gasteiger partial charge in [0.2, 0.25) is 10.0 Å². The third-order valence-corrected chi connectivity index (χ3v) is 4.70. The normalized spacial score (nSPS) is 25.7. The van der Waals surface area contributed by atoms with Crippen molar-refractivity contribution in [3.05, 3.63) is 18.2 Å². The van der Waals surface area contributed by atoms with E-state index < -0.39 is 10.0 Å². The summed E-state index contributed by atoms with van der Waals surface area (Å²) < 4.78 is 32.8. The van der Waals surface area contributed by atoms with Crippen molar-refractivity contribution in [1.29, 1.82) is 0 Å². The maximum absolute atomic E-state index is 12.3. The smallest absolute Gasteiger partial charge is 0.246 e. The first kappa shape index (κ1) is 11.8. The van der Waals surface area contributed by atoms with Gasteiger partial charge < -0.3 is 10.1 Å². The summed E-state index contributed by atoms with van der Waals surface area (Å²) in [6.07, 6.45) is 2.18. The van der Waals surface area contributed by atoms with Gasteiger partial charge in [0.1, 0.15) is 17.3 Å². The average molecular weight is 268 g/mol. The van der Waals surface area contributed by atoms with E-state index in [9.17, 15) is 8.42 Å². The van der Waals surface area contributed by atoms with Crippen molar-refractivity contribution in [2.75, 3.05) is 11.9 Å². The molecule has 0 bridgehead atoms. The Morgan fingerprint density at radius 2 is 2.17 bits per heavy atom. The molecule has 1 aromatic rings. The molecular weight excluding hydrogens is 252 g/mol. The molecule has 0 spiro atoms. The van der Waals surface area contributed by atoms with E-state index in [-0.39, 0.29) is 10.9 Å². The third kappa shape index (κ3) is 2.18. The van der Waals surface area contributed by atoms with E-state index in [4.69, 9.17) is 4.74 Å². The third-order valence-electron chi connectivity index (χ3n) is 3.03. The van der Waals surface area contributed by atoms with Crippen LogP contribution in [0.1, 0.15) is 19.8 Å². The van der Waals surface area contributed by atoms with Gasteiger partial charge in [-0.1, -0.05) is 6.07 Å². The van der Waals surface area contributed by atoms with Gasteiger partial charge in [-0.15, -0.1) is 0 Å². The highest BCUT2D eigenvalue weighted by Crippen LogP contribution is 2.36. The average Bonchev–Trinajstić information content (AvgIpc) is 3.09. The van der Waals surface area contributed by atoms with Gasteiger partial charge in [0.05, 0.1) is 11.7 Å².